The van der Waals surface area contributed by atoms with Crippen LogP contribution in [-0.2, 0) is 23.4 Å². The average Bonchev–Trinajstić information content (AvgIpc) is 2.84. The van der Waals surface area contributed by atoms with Gasteiger partial charge in [-0.3, -0.25) is 9.36 Å². The van der Waals surface area contributed by atoms with Gasteiger partial charge in [-0.25, -0.2) is 0 Å². The molecule has 0 fully saturated rings. The molecule has 8 heteroatoms. The molecule has 7 nitrogen and oxygen atoms in total. The Bertz CT molecular complexity index is 534. The molecule has 0 bridgehead atoms. The van der Waals surface area contributed by atoms with Gasteiger partial charge < -0.3 is 24.2 Å². The molecule has 0 rings (SSSR count). The van der Waals surface area contributed by atoms with E-state index in [-0.39, 0.29) is 19.4 Å². The fraction of sp³-hybridized carbons (Fsp3) is 0.964. The van der Waals surface area contributed by atoms with Gasteiger partial charge in [0.15, 0.2) is 0 Å². The Kier molecular flexibility index (Phi) is 25.8. The third kappa shape index (κ3) is 26.6. The van der Waals surface area contributed by atoms with Gasteiger partial charge in [0.05, 0.1) is 19.4 Å². The maximum absolute atomic E-state index is 12.1. The summed E-state index contributed by atoms with van der Waals surface area (Å²) < 4.78 is 28.2. The maximum atomic E-state index is 12.1. The van der Waals surface area contributed by atoms with Crippen LogP contribution in [0.2, 0.25) is 0 Å². The number of hydrogen-bond acceptors (Lipinski definition) is 6. The first-order chi connectivity index (χ1) is 17.4. The molecule has 0 saturated heterocycles. The van der Waals surface area contributed by atoms with E-state index in [1.54, 1.807) is 0 Å². The topological polar surface area (TPSA) is 94.1 Å². The lowest BCUT2D eigenvalue weighted by Gasteiger charge is -2.19. The van der Waals surface area contributed by atoms with Gasteiger partial charge in [-0.1, -0.05) is 103 Å². The van der Waals surface area contributed by atoms with E-state index in [1.165, 1.54) is 96.8 Å². The first-order valence-corrected chi connectivity index (χ1v) is 16.5. The molecule has 0 aromatic heterocycles. The Morgan fingerprint density at radius 1 is 0.778 bits per heavy atom. The van der Waals surface area contributed by atoms with Crippen LogP contribution in [0.3, 0.4) is 0 Å². The Hall–Kier alpha value is -0.460. The van der Waals surface area contributed by atoms with Crippen molar-refractivity contribution in [3.8, 4) is 0 Å². The fourth-order valence-corrected chi connectivity index (χ4v) is 5.35. The molecule has 0 spiro atoms. The summed E-state index contributed by atoms with van der Waals surface area (Å²) >= 11 is 0. The minimum Gasteiger partial charge on any atom is -0.458 e. The third-order valence-electron chi connectivity index (χ3n) is 6.36. The van der Waals surface area contributed by atoms with Gasteiger partial charge in [0.2, 0.25) is 0 Å². The Labute approximate surface area is 222 Å². The predicted octanol–water partition coefficient (Wildman–Crippen LogP) is 7.40. The molecule has 2 atom stereocenters. The van der Waals surface area contributed by atoms with Crippen molar-refractivity contribution in [2.75, 3.05) is 39.6 Å². The summed E-state index contributed by atoms with van der Waals surface area (Å²) in [7, 11) is -1.84. The molecule has 0 heterocycles. The van der Waals surface area contributed by atoms with Gasteiger partial charge in [-0.05, 0) is 32.9 Å². The van der Waals surface area contributed by atoms with E-state index in [0.717, 1.165) is 25.8 Å². The van der Waals surface area contributed by atoms with Crippen LogP contribution in [0, 0.1) is 0 Å². The number of hydrogen-bond donors (Lipinski definition) is 2. The zero-order valence-electron chi connectivity index (χ0n) is 23.8. The normalized spacial score (nSPS) is 14.0. The standard InChI is InChI=1S/C28H58NO6P/c1-4-5-6-7-8-9-10-11-12-13-14-15-16-17-18-20-23-33-25-28(35-27(2)30)26-34-36(31,32)24-21-19-22-29-3/h28-29H,4-26H2,1-3H3,(H,31,32). The second-order valence-corrected chi connectivity index (χ2v) is 12.1. The smallest absolute Gasteiger partial charge is 0.328 e. The molecule has 2 N–H and O–H groups in total. The van der Waals surface area contributed by atoms with E-state index in [1.807, 2.05) is 7.05 Å². The molecular weight excluding hydrogens is 477 g/mol. The highest BCUT2D eigenvalue weighted by Gasteiger charge is 2.22. The first kappa shape index (κ1) is 35.5. The largest absolute Gasteiger partial charge is 0.458 e. The summed E-state index contributed by atoms with van der Waals surface area (Å²) in [6.45, 7) is 5.03. The summed E-state index contributed by atoms with van der Waals surface area (Å²) in [5.74, 6) is -0.448. The minimum atomic E-state index is -3.68. The van der Waals surface area contributed by atoms with Crippen molar-refractivity contribution in [3.05, 3.63) is 0 Å². The first-order valence-electron chi connectivity index (χ1n) is 14.8. The van der Waals surface area contributed by atoms with Crippen molar-refractivity contribution in [1.29, 1.82) is 0 Å². The van der Waals surface area contributed by atoms with Crippen molar-refractivity contribution < 1.29 is 28.3 Å². The summed E-state index contributed by atoms with van der Waals surface area (Å²) in [6.07, 6.45) is 22.1. The molecule has 0 aromatic rings. The molecule has 0 saturated carbocycles. The van der Waals surface area contributed by atoms with Crippen LogP contribution in [0.4, 0.5) is 0 Å². The predicted molar refractivity (Wildman–Crippen MR) is 150 cm³/mol. The van der Waals surface area contributed by atoms with Gasteiger partial charge >= 0.3 is 13.6 Å². The highest BCUT2D eigenvalue weighted by Crippen LogP contribution is 2.42. The Balaban J connectivity index is 3.64. The van der Waals surface area contributed by atoms with Gasteiger partial charge in [-0.2, -0.15) is 0 Å². The fourth-order valence-electron chi connectivity index (χ4n) is 4.20. The minimum absolute atomic E-state index is 0.0987. The summed E-state index contributed by atoms with van der Waals surface area (Å²) in [5, 5.41) is 3.01. The van der Waals surface area contributed by atoms with E-state index in [0.29, 0.717) is 13.0 Å². The molecule has 0 radical (unpaired) electrons. The lowest BCUT2D eigenvalue weighted by Crippen LogP contribution is -2.27. The highest BCUT2D eigenvalue weighted by molar-refractivity contribution is 7.52. The van der Waals surface area contributed by atoms with E-state index >= 15 is 0 Å². The molecule has 36 heavy (non-hydrogen) atoms. The molecule has 2 unspecified atom stereocenters. The number of nitrogens with one attached hydrogen (secondary N) is 1. The Morgan fingerprint density at radius 2 is 1.28 bits per heavy atom. The Morgan fingerprint density at radius 3 is 1.75 bits per heavy atom. The van der Waals surface area contributed by atoms with Crippen molar-refractivity contribution in [2.24, 2.45) is 0 Å². The van der Waals surface area contributed by atoms with E-state index in [9.17, 15) is 14.3 Å². The van der Waals surface area contributed by atoms with Crippen molar-refractivity contribution in [3.63, 3.8) is 0 Å². The van der Waals surface area contributed by atoms with Crippen LogP contribution >= 0.6 is 7.60 Å². The zero-order valence-corrected chi connectivity index (χ0v) is 24.7. The second kappa shape index (κ2) is 26.2. The maximum Gasteiger partial charge on any atom is 0.328 e. The zero-order chi connectivity index (χ0) is 26.7. The molecule has 0 aliphatic carbocycles. The number of rotatable bonds is 28. The SMILES string of the molecule is CCCCCCCCCCCCCCCCCCOCC(COP(=O)(O)CCCCNC)OC(C)=O. The lowest BCUT2D eigenvalue weighted by molar-refractivity contribution is -0.151. The number of unbranched alkanes of at least 4 members (excludes halogenated alkanes) is 16. The summed E-state index contributed by atoms with van der Waals surface area (Å²) in [4.78, 5) is 21.3. The molecule has 0 aliphatic rings. The molecule has 0 amide bonds. The third-order valence-corrected chi connectivity index (χ3v) is 7.79. The van der Waals surface area contributed by atoms with Gasteiger partial charge in [-0.15, -0.1) is 0 Å². The number of esters is 1. The van der Waals surface area contributed by atoms with Crippen molar-refractivity contribution in [1.82, 2.24) is 5.32 Å². The number of carbonyl (C=O) groups excluding carboxylic acids is 1. The van der Waals surface area contributed by atoms with E-state index < -0.39 is 19.7 Å². The molecule has 0 aromatic carbocycles. The van der Waals surface area contributed by atoms with Crippen LogP contribution in [0.15, 0.2) is 0 Å². The summed E-state index contributed by atoms with van der Waals surface area (Å²) in [6, 6.07) is 0. The van der Waals surface area contributed by atoms with Crippen LogP contribution in [0.5, 0.6) is 0 Å². The van der Waals surface area contributed by atoms with Gasteiger partial charge in [0, 0.05) is 13.5 Å². The van der Waals surface area contributed by atoms with Gasteiger partial charge in [0.25, 0.3) is 0 Å². The number of ether oxygens (including phenoxy) is 2. The average molecular weight is 536 g/mol. The van der Waals surface area contributed by atoms with Crippen LogP contribution in [0.1, 0.15) is 129 Å². The molecule has 216 valence electrons. The van der Waals surface area contributed by atoms with E-state index in [2.05, 4.69) is 12.2 Å². The van der Waals surface area contributed by atoms with Crippen LogP contribution in [-0.4, -0.2) is 56.5 Å². The van der Waals surface area contributed by atoms with Gasteiger partial charge in [0.1, 0.15) is 6.10 Å². The molecule has 0 aliphatic heterocycles. The highest BCUT2D eigenvalue weighted by atomic mass is 31.2. The number of carbonyl (C=O) groups is 1. The quantitative estimate of drug-likeness (QED) is 0.0612. The monoisotopic (exact) mass is 535 g/mol. The van der Waals surface area contributed by atoms with Crippen molar-refractivity contribution in [2.45, 2.75) is 136 Å². The molecular formula is C28H58NO6P. The second-order valence-electron chi connectivity index (χ2n) is 10.1. The van der Waals surface area contributed by atoms with Crippen LogP contribution < -0.4 is 5.32 Å². The van der Waals surface area contributed by atoms with Crippen LogP contribution in [0.25, 0.3) is 0 Å². The summed E-state index contributed by atoms with van der Waals surface area (Å²) in [5.41, 5.74) is 0. The van der Waals surface area contributed by atoms with E-state index in [4.69, 9.17) is 14.0 Å². The van der Waals surface area contributed by atoms with Crippen molar-refractivity contribution >= 4 is 13.6 Å². The lowest BCUT2D eigenvalue weighted by atomic mass is 10.0.